The summed E-state index contributed by atoms with van der Waals surface area (Å²) in [5.74, 6) is 0.164. The van der Waals surface area contributed by atoms with Crippen LogP contribution in [-0.2, 0) is 21.4 Å². The molecule has 0 aromatic carbocycles. The number of sulfonamides is 1. The van der Waals surface area contributed by atoms with Gasteiger partial charge in [0.15, 0.2) is 0 Å². The Bertz CT molecular complexity index is 496. The molecule has 4 N–H and O–H groups in total. The van der Waals surface area contributed by atoms with Crippen LogP contribution in [0.5, 0.6) is 0 Å². The fraction of sp³-hybridized carbons (Fsp3) is 0.556. The van der Waals surface area contributed by atoms with Crippen LogP contribution < -0.4 is 15.8 Å². The van der Waals surface area contributed by atoms with Gasteiger partial charge in [-0.05, 0) is 12.5 Å². The average molecular weight is 275 g/mol. The van der Waals surface area contributed by atoms with Gasteiger partial charge in [-0.2, -0.15) is 5.10 Å². The van der Waals surface area contributed by atoms with Crippen molar-refractivity contribution in [3.63, 3.8) is 0 Å². The van der Waals surface area contributed by atoms with Crippen LogP contribution in [0.3, 0.4) is 0 Å². The van der Waals surface area contributed by atoms with Gasteiger partial charge in [0.25, 0.3) is 0 Å². The van der Waals surface area contributed by atoms with E-state index in [2.05, 4.69) is 15.1 Å². The maximum atomic E-state index is 11.4. The number of nitrogens with zero attached hydrogens (tertiary/aromatic N) is 2. The molecule has 0 fully saturated rings. The summed E-state index contributed by atoms with van der Waals surface area (Å²) in [5.41, 5.74) is 5.41. The lowest BCUT2D eigenvalue weighted by Gasteiger charge is -2.05. The SMILES string of the molecule is CS(=O)(=O)NCCCNC(=O)Cn1ccc(N)n1. The number of amides is 1. The number of hydrogen-bond donors (Lipinski definition) is 3. The molecule has 1 aromatic rings. The lowest BCUT2D eigenvalue weighted by Crippen LogP contribution is -2.31. The Kier molecular flexibility index (Phi) is 5.10. The normalized spacial score (nSPS) is 11.4. The molecule has 0 spiro atoms. The molecule has 102 valence electrons. The van der Waals surface area contributed by atoms with Gasteiger partial charge in [-0.1, -0.05) is 0 Å². The molecule has 0 saturated carbocycles. The summed E-state index contributed by atoms with van der Waals surface area (Å²) in [6.07, 6.45) is 3.23. The molecule has 9 heteroatoms. The van der Waals surface area contributed by atoms with E-state index in [1.165, 1.54) is 4.68 Å². The maximum absolute atomic E-state index is 11.4. The third-order valence-electron chi connectivity index (χ3n) is 2.01. The third kappa shape index (κ3) is 6.21. The number of nitrogens with two attached hydrogens (primary N) is 1. The van der Waals surface area contributed by atoms with Gasteiger partial charge >= 0.3 is 0 Å². The Balaban J connectivity index is 2.14. The molecule has 1 rings (SSSR count). The highest BCUT2D eigenvalue weighted by atomic mass is 32.2. The molecule has 0 unspecified atom stereocenters. The van der Waals surface area contributed by atoms with Gasteiger partial charge in [-0.15, -0.1) is 0 Å². The molecule has 1 amide bonds. The molecule has 0 aliphatic rings. The minimum Gasteiger partial charge on any atom is -0.382 e. The van der Waals surface area contributed by atoms with Gasteiger partial charge in [0.2, 0.25) is 15.9 Å². The zero-order valence-corrected chi connectivity index (χ0v) is 10.9. The van der Waals surface area contributed by atoms with Crippen molar-refractivity contribution in [1.82, 2.24) is 19.8 Å². The quantitative estimate of drug-likeness (QED) is 0.524. The van der Waals surface area contributed by atoms with Crippen LogP contribution in [0.4, 0.5) is 5.82 Å². The molecule has 0 aliphatic carbocycles. The first-order valence-corrected chi connectivity index (χ1v) is 7.26. The first kappa shape index (κ1) is 14.5. The highest BCUT2D eigenvalue weighted by Crippen LogP contribution is 1.94. The van der Waals surface area contributed by atoms with E-state index in [1.54, 1.807) is 12.3 Å². The second-order valence-corrected chi connectivity index (χ2v) is 5.64. The van der Waals surface area contributed by atoms with Crippen molar-refractivity contribution >= 4 is 21.7 Å². The van der Waals surface area contributed by atoms with Crippen molar-refractivity contribution in [3.05, 3.63) is 12.3 Å². The van der Waals surface area contributed by atoms with E-state index >= 15 is 0 Å². The summed E-state index contributed by atoms with van der Waals surface area (Å²) < 4.78 is 25.3. The number of nitrogens with one attached hydrogen (secondary N) is 2. The van der Waals surface area contributed by atoms with Gasteiger partial charge < -0.3 is 11.1 Å². The summed E-state index contributed by atoms with van der Waals surface area (Å²) >= 11 is 0. The molecule has 0 aliphatic heterocycles. The Morgan fingerprint density at radius 2 is 2.22 bits per heavy atom. The van der Waals surface area contributed by atoms with E-state index in [-0.39, 0.29) is 12.5 Å². The first-order chi connectivity index (χ1) is 8.37. The second kappa shape index (κ2) is 6.36. The van der Waals surface area contributed by atoms with Crippen LogP contribution in [0.25, 0.3) is 0 Å². The molecule has 0 saturated heterocycles. The van der Waals surface area contributed by atoms with E-state index in [0.29, 0.717) is 25.3 Å². The van der Waals surface area contributed by atoms with Gasteiger partial charge in [0, 0.05) is 19.3 Å². The minimum absolute atomic E-state index is 0.0940. The standard InChI is InChI=1S/C9H17N5O3S/c1-18(16,17)12-5-2-4-11-9(15)7-14-6-3-8(10)13-14/h3,6,12H,2,4-5,7H2,1H3,(H2,10,13)(H,11,15). The Morgan fingerprint density at radius 1 is 1.50 bits per heavy atom. The molecule has 0 bridgehead atoms. The van der Waals surface area contributed by atoms with E-state index in [1.807, 2.05) is 0 Å². The summed E-state index contributed by atoms with van der Waals surface area (Å²) in [5, 5.41) is 6.52. The van der Waals surface area contributed by atoms with Crippen molar-refractivity contribution in [2.75, 3.05) is 25.1 Å². The van der Waals surface area contributed by atoms with Crippen LogP contribution >= 0.6 is 0 Å². The summed E-state index contributed by atoms with van der Waals surface area (Å²) in [6, 6.07) is 1.60. The van der Waals surface area contributed by atoms with Crippen LogP contribution in [-0.4, -0.2) is 43.5 Å². The van der Waals surface area contributed by atoms with Gasteiger partial charge in [-0.25, -0.2) is 13.1 Å². The van der Waals surface area contributed by atoms with Crippen LogP contribution in [0.15, 0.2) is 12.3 Å². The predicted molar refractivity (Wildman–Crippen MR) is 67.1 cm³/mol. The number of carbonyl (C=O) groups is 1. The largest absolute Gasteiger partial charge is 0.382 e. The van der Waals surface area contributed by atoms with Crippen LogP contribution in [0, 0.1) is 0 Å². The Labute approximate surface area is 106 Å². The number of nitrogen functional groups attached to an aromatic ring is 1. The smallest absolute Gasteiger partial charge is 0.241 e. The first-order valence-electron chi connectivity index (χ1n) is 5.37. The molecule has 0 atom stereocenters. The molecular weight excluding hydrogens is 258 g/mol. The lowest BCUT2D eigenvalue weighted by atomic mass is 10.4. The number of aromatic nitrogens is 2. The van der Waals surface area contributed by atoms with Crippen LogP contribution in [0.2, 0.25) is 0 Å². The Hall–Kier alpha value is -1.61. The van der Waals surface area contributed by atoms with Crippen molar-refractivity contribution in [1.29, 1.82) is 0 Å². The molecular formula is C9H17N5O3S. The molecule has 1 aromatic heterocycles. The lowest BCUT2D eigenvalue weighted by molar-refractivity contribution is -0.121. The monoisotopic (exact) mass is 275 g/mol. The molecule has 18 heavy (non-hydrogen) atoms. The molecule has 0 radical (unpaired) electrons. The number of carbonyl (C=O) groups excluding carboxylic acids is 1. The number of anilines is 1. The minimum atomic E-state index is -3.16. The van der Waals surface area contributed by atoms with E-state index in [9.17, 15) is 13.2 Å². The zero-order chi connectivity index (χ0) is 13.6. The van der Waals surface area contributed by atoms with E-state index < -0.39 is 10.0 Å². The summed E-state index contributed by atoms with van der Waals surface area (Å²) in [6.45, 7) is 0.794. The van der Waals surface area contributed by atoms with Crippen molar-refractivity contribution in [2.24, 2.45) is 0 Å². The fourth-order valence-electron chi connectivity index (χ4n) is 1.24. The van der Waals surface area contributed by atoms with Gasteiger partial charge in [0.05, 0.1) is 6.26 Å². The summed E-state index contributed by atoms with van der Waals surface area (Å²) in [7, 11) is -3.16. The van der Waals surface area contributed by atoms with E-state index in [0.717, 1.165) is 6.26 Å². The fourth-order valence-corrected chi connectivity index (χ4v) is 1.76. The van der Waals surface area contributed by atoms with E-state index in [4.69, 9.17) is 5.73 Å². The predicted octanol–water partition coefficient (Wildman–Crippen LogP) is -1.48. The third-order valence-corrected chi connectivity index (χ3v) is 2.74. The maximum Gasteiger partial charge on any atom is 0.241 e. The molecule has 8 nitrogen and oxygen atoms in total. The number of hydrogen-bond acceptors (Lipinski definition) is 5. The van der Waals surface area contributed by atoms with Crippen molar-refractivity contribution in [3.8, 4) is 0 Å². The number of rotatable bonds is 7. The average Bonchev–Trinajstić information content (AvgIpc) is 2.61. The zero-order valence-electron chi connectivity index (χ0n) is 10.1. The summed E-state index contributed by atoms with van der Waals surface area (Å²) in [4.78, 5) is 11.4. The van der Waals surface area contributed by atoms with Gasteiger partial charge in [-0.3, -0.25) is 9.48 Å². The topological polar surface area (TPSA) is 119 Å². The molecule has 1 heterocycles. The second-order valence-electron chi connectivity index (χ2n) is 3.81. The van der Waals surface area contributed by atoms with Crippen molar-refractivity contribution < 1.29 is 13.2 Å². The highest BCUT2D eigenvalue weighted by Gasteiger charge is 2.03. The van der Waals surface area contributed by atoms with Gasteiger partial charge in [0.1, 0.15) is 12.4 Å². The van der Waals surface area contributed by atoms with Crippen LogP contribution in [0.1, 0.15) is 6.42 Å². The Morgan fingerprint density at radius 3 is 2.78 bits per heavy atom. The van der Waals surface area contributed by atoms with Crippen molar-refractivity contribution in [2.45, 2.75) is 13.0 Å². The highest BCUT2D eigenvalue weighted by molar-refractivity contribution is 7.88.